The lowest BCUT2D eigenvalue weighted by molar-refractivity contribution is -0.138. The summed E-state index contributed by atoms with van der Waals surface area (Å²) in [5.41, 5.74) is 2.48. The highest BCUT2D eigenvalue weighted by Gasteiger charge is 2.37. The van der Waals surface area contributed by atoms with Crippen molar-refractivity contribution in [2.45, 2.75) is 44.7 Å². The van der Waals surface area contributed by atoms with Gasteiger partial charge < -0.3 is 9.80 Å². The molecule has 1 unspecified atom stereocenters. The van der Waals surface area contributed by atoms with Gasteiger partial charge in [-0.25, -0.2) is 8.78 Å². The molecule has 0 aliphatic carbocycles. The van der Waals surface area contributed by atoms with Crippen molar-refractivity contribution >= 4 is 11.8 Å². The third-order valence-corrected chi connectivity index (χ3v) is 5.69. The van der Waals surface area contributed by atoms with Gasteiger partial charge in [0.1, 0.15) is 0 Å². The number of likely N-dealkylation sites (tertiary alicyclic amines) is 1. The van der Waals surface area contributed by atoms with Gasteiger partial charge in [0.25, 0.3) is 11.8 Å². The Kier molecular flexibility index (Phi) is 5.10. The number of amides is 2. The fourth-order valence-corrected chi connectivity index (χ4v) is 4.07. The van der Waals surface area contributed by atoms with Gasteiger partial charge in [0.05, 0.1) is 24.7 Å². The molecule has 2 aliphatic rings. The van der Waals surface area contributed by atoms with Crippen molar-refractivity contribution in [1.29, 1.82) is 0 Å². The molecule has 1 saturated heterocycles. The molecule has 0 saturated carbocycles. The Hall–Kier alpha value is -2.77. The van der Waals surface area contributed by atoms with Crippen LogP contribution in [0.5, 0.6) is 0 Å². The van der Waals surface area contributed by atoms with Crippen molar-refractivity contribution in [3.63, 3.8) is 0 Å². The zero-order valence-corrected chi connectivity index (χ0v) is 16.4. The molecule has 3 heterocycles. The maximum absolute atomic E-state index is 13.4. The van der Waals surface area contributed by atoms with Crippen LogP contribution in [-0.2, 0) is 11.3 Å². The molecule has 2 aliphatic heterocycles. The van der Waals surface area contributed by atoms with E-state index in [1.54, 1.807) is 21.8 Å². The highest BCUT2D eigenvalue weighted by molar-refractivity contribution is 5.94. The van der Waals surface area contributed by atoms with Crippen molar-refractivity contribution in [1.82, 2.24) is 19.6 Å². The molecule has 1 aromatic heterocycles. The molecule has 0 N–H and O–H groups in total. The Morgan fingerprint density at radius 1 is 1.17 bits per heavy atom. The van der Waals surface area contributed by atoms with E-state index >= 15 is 0 Å². The van der Waals surface area contributed by atoms with Gasteiger partial charge >= 0.3 is 0 Å². The average Bonchev–Trinajstić information content (AvgIpc) is 3.16. The first-order valence-electron chi connectivity index (χ1n) is 9.86. The minimum atomic E-state index is -2.69. The molecule has 1 aromatic carbocycles. The highest BCUT2D eigenvalue weighted by Crippen LogP contribution is 2.30. The quantitative estimate of drug-likeness (QED) is 0.793. The second-order valence-corrected chi connectivity index (χ2v) is 7.92. The number of carbonyl (C=O) groups excluding carboxylic acids is 2. The first kappa shape index (κ1) is 19.5. The van der Waals surface area contributed by atoms with Crippen LogP contribution in [-0.4, -0.2) is 57.0 Å². The van der Waals surface area contributed by atoms with Crippen LogP contribution in [0.15, 0.2) is 36.5 Å². The van der Waals surface area contributed by atoms with Crippen LogP contribution in [0.2, 0.25) is 0 Å². The zero-order valence-electron chi connectivity index (χ0n) is 16.4. The highest BCUT2D eigenvalue weighted by atomic mass is 19.3. The van der Waals surface area contributed by atoms with Crippen molar-refractivity contribution < 1.29 is 18.4 Å². The minimum Gasteiger partial charge on any atom is -0.342 e. The third kappa shape index (κ3) is 4.16. The van der Waals surface area contributed by atoms with E-state index in [-0.39, 0.29) is 50.2 Å². The van der Waals surface area contributed by atoms with Gasteiger partial charge in [-0.2, -0.15) is 5.10 Å². The molecule has 8 heteroatoms. The lowest BCUT2D eigenvalue weighted by Crippen LogP contribution is -2.46. The van der Waals surface area contributed by atoms with E-state index in [1.807, 2.05) is 31.2 Å². The lowest BCUT2D eigenvalue weighted by atomic mass is 10.0. The summed E-state index contributed by atoms with van der Waals surface area (Å²) in [5.74, 6) is -2.94. The number of fused-ring (bicyclic) bond motifs is 1. The fraction of sp³-hybridized carbons (Fsp3) is 0.476. The van der Waals surface area contributed by atoms with Crippen molar-refractivity contribution in [3.8, 4) is 0 Å². The van der Waals surface area contributed by atoms with E-state index in [2.05, 4.69) is 5.10 Å². The van der Waals surface area contributed by atoms with Gasteiger partial charge in [-0.15, -0.1) is 0 Å². The number of rotatable bonds is 3. The monoisotopic (exact) mass is 402 g/mol. The number of nitrogens with zero attached hydrogens (tertiary/aromatic N) is 4. The number of hydrogen-bond donors (Lipinski definition) is 0. The normalized spacial score (nSPS) is 21.0. The molecule has 0 spiro atoms. The molecule has 0 bridgehead atoms. The van der Waals surface area contributed by atoms with E-state index < -0.39 is 5.92 Å². The average molecular weight is 402 g/mol. The zero-order chi connectivity index (χ0) is 20.6. The summed E-state index contributed by atoms with van der Waals surface area (Å²) in [4.78, 5) is 29.0. The van der Waals surface area contributed by atoms with Crippen LogP contribution < -0.4 is 0 Å². The summed E-state index contributed by atoms with van der Waals surface area (Å²) in [6, 6.07) is 8.96. The van der Waals surface area contributed by atoms with Crippen LogP contribution in [0.25, 0.3) is 0 Å². The molecule has 2 amide bonds. The number of aromatic nitrogens is 2. The Balaban J connectivity index is 1.48. The van der Waals surface area contributed by atoms with Gasteiger partial charge in [-0.3, -0.25) is 14.3 Å². The van der Waals surface area contributed by atoms with Crippen LogP contribution in [0.4, 0.5) is 8.78 Å². The molecule has 6 nitrogen and oxygen atoms in total. The second-order valence-electron chi connectivity index (χ2n) is 7.92. The van der Waals surface area contributed by atoms with E-state index in [0.717, 1.165) is 11.3 Å². The smallest absolute Gasteiger partial charge is 0.254 e. The Bertz CT molecular complexity index is 917. The van der Waals surface area contributed by atoms with E-state index in [4.69, 9.17) is 0 Å². The Morgan fingerprint density at radius 2 is 1.93 bits per heavy atom. The molecule has 2 aromatic rings. The molecule has 154 valence electrons. The second kappa shape index (κ2) is 7.57. The summed E-state index contributed by atoms with van der Waals surface area (Å²) >= 11 is 0. The van der Waals surface area contributed by atoms with Crippen molar-refractivity contribution in [2.75, 3.05) is 19.6 Å². The topological polar surface area (TPSA) is 58.4 Å². The summed E-state index contributed by atoms with van der Waals surface area (Å²) in [6.45, 7) is 2.85. The first-order valence-corrected chi connectivity index (χ1v) is 9.86. The molecule has 1 fully saturated rings. The SMILES string of the molecule is Cc1cccc(C(=O)N2Cc3ccnn3C(CC(=O)N3CCC(F)(F)CC3)C2)c1. The fourth-order valence-electron chi connectivity index (χ4n) is 4.07. The minimum absolute atomic E-state index is 0.0659. The largest absolute Gasteiger partial charge is 0.342 e. The summed E-state index contributed by atoms with van der Waals surface area (Å²) in [7, 11) is 0. The van der Waals surface area contributed by atoms with Gasteiger partial charge in [-0.1, -0.05) is 17.7 Å². The predicted octanol–water partition coefficient (Wildman–Crippen LogP) is 3.04. The number of halogens is 2. The molecular formula is C21H24F2N4O2. The number of aryl methyl sites for hydroxylation is 1. The molecule has 1 atom stereocenters. The van der Waals surface area contributed by atoms with Gasteiger partial charge in [-0.05, 0) is 25.1 Å². The Morgan fingerprint density at radius 3 is 2.66 bits per heavy atom. The number of hydrogen-bond acceptors (Lipinski definition) is 3. The number of carbonyl (C=O) groups is 2. The van der Waals surface area contributed by atoms with Crippen molar-refractivity contribution in [3.05, 3.63) is 53.3 Å². The van der Waals surface area contributed by atoms with Crippen LogP contribution in [0.1, 0.15) is 46.9 Å². The number of alkyl halides is 2. The standard InChI is InChI=1S/C21H24F2N4O2/c1-15-3-2-4-16(11-15)20(29)26-13-17-5-8-24-27(17)18(14-26)12-19(28)25-9-6-21(22,23)7-10-25/h2-5,8,11,18H,6-7,9-10,12-14H2,1H3. The van der Waals surface area contributed by atoms with Crippen LogP contribution >= 0.6 is 0 Å². The maximum atomic E-state index is 13.4. The molecule has 29 heavy (non-hydrogen) atoms. The van der Waals surface area contributed by atoms with E-state index in [0.29, 0.717) is 18.7 Å². The van der Waals surface area contributed by atoms with Gasteiger partial charge in [0.2, 0.25) is 5.91 Å². The van der Waals surface area contributed by atoms with Crippen LogP contribution in [0, 0.1) is 6.92 Å². The van der Waals surface area contributed by atoms with Crippen LogP contribution in [0.3, 0.4) is 0 Å². The number of piperidine rings is 1. The lowest BCUT2D eigenvalue weighted by Gasteiger charge is -2.36. The van der Waals surface area contributed by atoms with E-state index in [1.165, 1.54) is 4.90 Å². The summed E-state index contributed by atoms with van der Waals surface area (Å²) < 4.78 is 28.6. The van der Waals surface area contributed by atoms with Gasteiger partial charge in [0.15, 0.2) is 0 Å². The van der Waals surface area contributed by atoms with E-state index in [9.17, 15) is 18.4 Å². The number of benzene rings is 1. The third-order valence-electron chi connectivity index (χ3n) is 5.69. The molecule has 4 rings (SSSR count). The van der Waals surface area contributed by atoms with Gasteiger partial charge in [0, 0.05) is 44.2 Å². The molecular weight excluding hydrogens is 378 g/mol. The summed E-state index contributed by atoms with van der Waals surface area (Å²) in [6.07, 6.45) is 1.20. The maximum Gasteiger partial charge on any atom is 0.254 e. The van der Waals surface area contributed by atoms with Crippen molar-refractivity contribution in [2.24, 2.45) is 0 Å². The predicted molar refractivity (Wildman–Crippen MR) is 103 cm³/mol. The summed E-state index contributed by atoms with van der Waals surface area (Å²) in [5, 5.41) is 4.33. The molecule has 0 radical (unpaired) electrons. The first-order chi connectivity index (χ1) is 13.8. The Labute approximate surface area is 168 Å².